The maximum atomic E-state index is 6.12. The van der Waals surface area contributed by atoms with Gasteiger partial charge in [-0.15, -0.1) is 0 Å². The lowest BCUT2D eigenvalue weighted by Gasteiger charge is -2.03. The van der Waals surface area contributed by atoms with Crippen molar-refractivity contribution in [3.63, 3.8) is 0 Å². The molecule has 0 spiro atoms. The molecule has 17 heavy (non-hydrogen) atoms. The zero-order chi connectivity index (χ0) is 11.7. The molecule has 82 valence electrons. The van der Waals surface area contributed by atoms with Gasteiger partial charge in [-0.05, 0) is 24.3 Å². The molecule has 0 aliphatic carbocycles. The highest BCUT2D eigenvalue weighted by molar-refractivity contribution is 6.32. The fourth-order valence-corrected chi connectivity index (χ4v) is 1.87. The Hall–Kier alpha value is -2.00. The van der Waals surface area contributed by atoms with Crippen molar-refractivity contribution in [3.05, 3.63) is 53.8 Å². The maximum absolute atomic E-state index is 6.12. The van der Waals surface area contributed by atoms with Crippen LogP contribution < -0.4 is 0 Å². The number of benzene rings is 1. The lowest BCUT2D eigenvalue weighted by molar-refractivity contribution is 1.23. The maximum Gasteiger partial charge on any atom is 0.157 e. The van der Waals surface area contributed by atoms with Gasteiger partial charge in [-0.25, -0.2) is 9.97 Å². The Kier molecular flexibility index (Phi) is 2.46. The number of rotatable bonds is 1. The van der Waals surface area contributed by atoms with Crippen molar-refractivity contribution < 1.29 is 0 Å². The first-order chi connectivity index (χ1) is 8.34. The van der Waals surface area contributed by atoms with Crippen molar-refractivity contribution in [2.75, 3.05) is 0 Å². The van der Waals surface area contributed by atoms with E-state index in [-0.39, 0.29) is 0 Å². The summed E-state index contributed by atoms with van der Waals surface area (Å²) in [6, 6.07) is 13.2. The third-order valence-electron chi connectivity index (χ3n) is 2.44. The molecule has 3 rings (SSSR count). The van der Waals surface area contributed by atoms with Gasteiger partial charge in [-0.2, -0.15) is 0 Å². The van der Waals surface area contributed by atoms with Crippen LogP contribution in [0.25, 0.3) is 22.4 Å². The van der Waals surface area contributed by atoms with E-state index < -0.39 is 0 Å². The molecule has 0 fully saturated rings. The standard InChI is InChI=1S/C13H8ClN3/c14-13-12(11-7-3-4-8-15-11)16-9-5-1-2-6-10(9)17-13/h1-8H. The van der Waals surface area contributed by atoms with Crippen LogP contribution in [0.4, 0.5) is 0 Å². The minimum Gasteiger partial charge on any atom is -0.255 e. The molecular weight excluding hydrogens is 234 g/mol. The molecule has 0 radical (unpaired) electrons. The smallest absolute Gasteiger partial charge is 0.157 e. The first kappa shape index (κ1) is 10.2. The Morgan fingerprint density at radius 1 is 0.824 bits per heavy atom. The van der Waals surface area contributed by atoms with E-state index in [1.54, 1.807) is 6.20 Å². The van der Waals surface area contributed by atoms with Crippen LogP contribution in [0.5, 0.6) is 0 Å². The summed E-state index contributed by atoms with van der Waals surface area (Å²) in [5.41, 5.74) is 2.96. The number of aromatic nitrogens is 3. The molecule has 3 nitrogen and oxygen atoms in total. The van der Waals surface area contributed by atoms with E-state index in [9.17, 15) is 0 Å². The predicted molar refractivity (Wildman–Crippen MR) is 67.8 cm³/mol. The number of nitrogens with zero attached hydrogens (tertiary/aromatic N) is 3. The minimum atomic E-state index is 0.377. The molecule has 0 amide bonds. The molecule has 0 atom stereocenters. The van der Waals surface area contributed by atoms with Crippen LogP contribution in [-0.4, -0.2) is 15.0 Å². The molecule has 0 saturated heterocycles. The van der Waals surface area contributed by atoms with Crippen LogP contribution in [0, 0.1) is 0 Å². The molecule has 3 aromatic rings. The average molecular weight is 242 g/mol. The first-order valence-corrected chi connectivity index (χ1v) is 5.56. The van der Waals surface area contributed by atoms with Gasteiger partial charge in [0.1, 0.15) is 5.69 Å². The molecule has 0 saturated carbocycles. The van der Waals surface area contributed by atoms with Crippen LogP contribution in [0.2, 0.25) is 5.15 Å². The summed E-state index contributed by atoms with van der Waals surface area (Å²) in [6.07, 6.45) is 1.71. The van der Waals surface area contributed by atoms with Gasteiger partial charge < -0.3 is 0 Å². The summed E-state index contributed by atoms with van der Waals surface area (Å²) >= 11 is 6.12. The molecule has 4 heteroatoms. The highest BCUT2D eigenvalue weighted by Gasteiger charge is 2.09. The summed E-state index contributed by atoms with van der Waals surface area (Å²) in [6.45, 7) is 0. The molecule has 1 aromatic carbocycles. The zero-order valence-electron chi connectivity index (χ0n) is 8.84. The number of hydrogen-bond donors (Lipinski definition) is 0. The monoisotopic (exact) mass is 241 g/mol. The van der Waals surface area contributed by atoms with Crippen LogP contribution in [-0.2, 0) is 0 Å². The molecule has 0 aliphatic heterocycles. The Balaban J connectivity index is 2.27. The summed E-state index contributed by atoms with van der Waals surface area (Å²) in [5, 5.41) is 0.377. The Labute approximate surface area is 103 Å². The van der Waals surface area contributed by atoms with Gasteiger partial charge in [-0.1, -0.05) is 29.8 Å². The van der Waals surface area contributed by atoms with Crippen LogP contribution >= 0.6 is 11.6 Å². The average Bonchev–Trinajstić information content (AvgIpc) is 2.39. The summed E-state index contributed by atoms with van der Waals surface area (Å²) in [4.78, 5) is 13.0. The van der Waals surface area contributed by atoms with Crippen molar-refractivity contribution in [3.8, 4) is 11.4 Å². The number of para-hydroxylation sites is 2. The van der Waals surface area contributed by atoms with Crippen LogP contribution in [0.3, 0.4) is 0 Å². The van der Waals surface area contributed by atoms with Crippen molar-refractivity contribution in [2.45, 2.75) is 0 Å². The normalized spacial score (nSPS) is 10.6. The Morgan fingerprint density at radius 2 is 1.53 bits per heavy atom. The number of pyridine rings is 1. The Bertz CT molecular complexity index is 668. The van der Waals surface area contributed by atoms with E-state index in [4.69, 9.17) is 11.6 Å². The summed E-state index contributed by atoms with van der Waals surface area (Å²) in [7, 11) is 0. The molecule has 2 heterocycles. The largest absolute Gasteiger partial charge is 0.255 e. The number of halogens is 1. The number of hydrogen-bond acceptors (Lipinski definition) is 3. The van der Waals surface area contributed by atoms with Crippen LogP contribution in [0.1, 0.15) is 0 Å². The Morgan fingerprint density at radius 3 is 2.24 bits per heavy atom. The quantitative estimate of drug-likeness (QED) is 0.656. The lowest BCUT2D eigenvalue weighted by Crippen LogP contribution is -1.92. The van der Waals surface area contributed by atoms with E-state index >= 15 is 0 Å². The fraction of sp³-hybridized carbons (Fsp3) is 0. The predicted octanol–water partition coefficient (Wildman–Crippen LogP) is 3.35. The fourth-order valence-electron chi connectivity index (χ4n) is 1.64. The highest BCUT2D eigenvalue weighted by Crippen LogP contribution is 2.24. The van der Waals surface area contributed by atoms with Gasteiger partial charge >= 0.3 is 0 Å². The van der Waals surface area contributed by atoms with Crippen molar-refractivity contribution in [1.29, 1.82) is 0 Å². The van der Waals surface area contributed by atoms with Gasteiger partial charge in [0, 0.05) is 6.20 Å². The van der Waals surface area contributed by atoms with E-state index in [0.717, 1.165) is 16.7 Å². The van der Waals surface area contributed by atoms with Gasteiger partial charge in [0.05, 0.1) is 16.7 Å². The number of fused-ring (bicyclic) bond motifs is 1. The first-order valence-electron chi connectivity index (χ1n) is 5.18. The van der Waals surface area contributed by atoms with E-state index in [2.05, 4.69) is 15.0 Å². The van der Waals surface area contributed by atoms with E-state index in [0.29, 0.717) is 10.8 Å². The SMILES string of the molecule is Clc1nc2ccccc2nc1-c1ccccn1. The third kappa shape index (κ3) is 1.85. The van der Waals surface area contributed by atoms with Crippen LogP contribution in [0.15, 0.2) is 48.7 Å². The molecule has 2 aromatic heterocycles. The van der Waals surface area contributed by atoms with Crippen molar-refractivity contribution in [2.24, 2.45) is 0 Å². The minimum absolute atomic E-state index is 0.377. The summed E-state index contributed by atoms with van der Waals surface area (Å²) in [5.74, 6) is 0. The van der Waals surface area contributed by atoms with Gasteiger partial charge in [-0.3, -0.25) is 4.98 Å². The molecule has 0 bridgehead atoms. The van der Waals surface area contributed by atoms with E-state index in [1.165, 1.54) is 0 Å². The molecule has 0 unspecified atom stereocenters. The zero-order valence-corrected chi connectivity index (χ0v) is 9.59. The van der Waals surface area contributed by atoms with Gasteiger partial charge in [0.25, 0.3) is 0 Å². The second-order valence-electron chi connectivity index (χ2n) is 3.57. The molecule has 0 N–H and O–H groups in total. The third-order valence-corrected chi connectivity index (χ3v) is 2.70. The highest BCUT2D eigenvalue weighted by atomic mass is 35.5. The van der Waals surface area contributed by atoms with Gasteiger partial charge in [0.15, 0.2) is 5.15 Å². The second kappa shape index (κ2) is 4.11. The van der Waals surface area contributed by atoms with Crippen molar-refractivity contribution >= 4 is 22.6 Å². The topological polar surface area (TPSA) is 38.7 Å². The molecular formula is C13H8ClN3. The second-order valence-corrected chi connectivity index (χ2v) is 3.92. The molecule has 0 aliphatic rings. The lowest BCUT2D eigenvalue weighted by atomic mass is 10.2. The van der Waals surface area contributed by atoms with Gasteiger partial charge in [0.2, 0.25) is 0 Å². The summed E-state index contributed by atoms with van der Waals surface area (Å²) < 4.78 is 0. The van der Waals surface area contributed by atoms with Crippen molar-refractivity contribution in [1.82, 2.24) is 15.0 Å². The van der Waals surface area contributed by atoms with E-state index in [1.807, 2.05) is 42.5 Å².